The Morgan fingerprint density at radius 1 is 1.27 bits per heavy atom. The van der Waals surface area contributed by atoms with Crippen LogP contribution in [-0.4, -0.2) is 18.0 Å². The maximum absolute atomic E-state index is 12.4. The number of fused-ring (bicyclic) bond motifs is 1. The number of nitrogens with zero attached hydrogens (tertiary/aromatic N) is 2. The van der Waals surface area contributed by atoms with Crippen LogP contribution in [0.3, 0.4) is 0 Å². The second kappa shape index (κ2) is 6.17. The summed E-state index contributed by atoms with van der Waals surface area (Å²) < 4.78 is 5.55. The van der Waals surface area contributed by atoms with E-state index in [0.29, 0.717) is 27.7 Å². The molecule has 0 saturated carbocycles. The van der Waals surface area contributed by atoms with Crippen LogP contribution in [0, 0.1) is 0 Å². The number of hydrogen-bond donors (Lipinski definition) is 0. The highest BCUT2D eigenvalue weighted by Gasteiger charge is 2.19. The predicted octanol–water partition coefficient (Wildman–Crippen LogP) is 3.62. The SMILES string of the molecule is CON(C(=O)Cc1nc2ccc(Cl)cc2o1)c1ccccc1. The zero-order valence-corrected chi connectivity index (χ0v) is 12.6. The first-order valence-electron chi connectivity index (χ1n) is 6.64. The second-order valence-corrected chi connectivity index (χ2v) is 5.04. The molecule has 5 nitrogen and oxygen atoms in total. The van der Waals surface area contributed by atoms with Crippen molar-refractivity contribution in [2.75, 3.05) is 12.2 Å². The molecule has 0 aliphatic heterocycles. The molecule has 0 radical (unpaired) electrons. The molecule has 22 heavy (non-hydrogen) atoms. The molecule has 6 heteroatoms. The van der Waals surface area contributed by atoms with E-state index in [1.807, 2.05) is 18.2 Å². The maximum Gasteiger partial charge on any atom is 0.260 e. The summed E-state index contributed by atoms with van der Waals surface area (Å²) in [7, 11) is 1.44. The van der Waals surface area contributed by atoms with Gasteiger partial charge in [0, 0.05) is 11.1 Å². The summed E-state index contributed by atoms with van der Waals surface area (Å²) in [6.07, 6.45) is -0.00493. The first kappa shape index (κ1) is 14.6. The van der Waals surface area contributed by atoms with Crippen LogP contribution in [0.1, 0.15) is 5.89 Å². The fourth-order valence-electron chi connectivity index (χ4n) is 2.14. The van der Waals surface area contributed by atoms with E-state index in [-0.39, 0.29) is 12.3 Å². The van der Waals surface area contributed by atoms with Gasteiger partial charge in [-0.3, -0.25) is 9.63 Å². The molecule has 3 aromatic rings. The monoisotopic (exact) mass is 316 g/mol. The fourth-order valence-corrected chi connectivity index (χ4v) is 2.30. The molecule has 0 fully saturated rings. The Kier molecular flexibility index (Phi) is 4.09. The zero-order valence-electron chi connectivity index (χ0n) is 11.8. The standard InChI is InChI=1S/C16H13ClN2O3/c1-21-19(12-5-3-2-4-6-12)16(20)10-15-18-13-8-7-11(17)9-14(13)22-15/h2-9H,10H2,1H3. The van der Waals surface area contributed by atoms with Crippen LogP contribution in [0.15, 0.2) is 52.9 Å². The predicted molar refractivity (Wildman–Crippen MR) is 83.7 cm³/mol. The minimum atomic E-state index is -0.272. The third-order valence-corrected chi connectivity index (χ3v) is 3.33. The quantitative estimate of drug-likeness (QED) is 0.690. The molecule has 0 aliphatic carbocycles. The summed E-state index contributed by atoms with van der Waals surface area (Å²) in [5, 5.41) is 1.77. The second-order valence-electron chi connectivity index (χ2n) is 4.60. The first-order valence-corrected chi connectivity index (χ1v) is 7.02. The summed E-state index contributed by atoms with van der Waals surface area (Å²) >= 11 is 5.90. The van der Waals surface area contributed by atoms with E-state index in [2.05, 4.69) is 4.98 Å². The molecule has 3 rings (SSSR count). The van der Waals surface area contributed by atoms with Crippen molar-refractivity contribution in [3.63, 3.8) is 0 Å². The van der Waals surface area contributed by atoms with Crippen LogP contribution >= 0.6 is 11.6 Å². The molecular formula is C16H13ClN2O3. The Hall–Kier alpha value is -2.37. The first-order chi connectivity index (χ1) is 10.7. The topological polar surface area (TPSA) is 55.6 Å². The van der Waals surface area contributed by atoms with Gasteiger partial charge in [0.25, 0.3) is 5.91 Å². The number of hydrogen-bond acceptors (Lipinski definition) is 4. The lowest BCUT2D eigenvalue weighted by Crippen LogP contribution is -2.31. The largest absolute Gasteiger partial charge is 0.440 e. The molecule has 1 heterocycles. The van der Waals surface area contributed by atoms with Crippen LogP contribution in [0.4, 0.5) is 5.69 Å². The van der Waals surface area contributed by atoms with Crippen molar-refractivity contribution < 1.29 is 14.0 Å². The van der Waals surface area contributed by atoms with E-state index in [4.69, 9.17) is 20.9 Å². The average molecular weight is 317 g/mol. The number of aromatic nitrogens is 1. The molecule has 0 spiro atoms. The van der Waals surface area contributed by atoms with Crippen LogP contribution in [0.25, 0.3) is 11.1 Å². The highest BCUT2D eigenvalue weighted by molar-refractivity contribution is 6.31. The van der Waals surface area contributed by atoms with Gasteiger partial charge in [-0.2, -0.15) is 5.06 Å². The van der Waals surface area contributed by atoms with Gasteiger partial charge >= 0.3 is 0 Å². The molecule has 2 aromatic carbocycles. The van der Waals surface area contributed by atoms with Gasteiger partial charge in [0.05, 0.1) is 12.8 Å². The summed E-state index contributed by atoms with van der Waals surface area (Å²) in [4.78, 5) is 21.8. The van der Waals surface area contributed by atoms with Crippen molar-refractivity contribution in [1.82, 2.24) is 4.98 Å². The summed E-state index contributed by atoms with van der Waals surface area (Å²) in [5.74, 6) is 0.0478. The van der Waals surface area contributed by atoms with Crippen LogP contribution in [0.5, 0.6) is 0 Å². The van der Waals surface area contributed by atoms with Gasteiger partial charge in [0.1, 0.15) is 11.9 Å². The van der Waals surface area contributed by atoms with E-state index in [0.717, 1.165) is 0 Å². The van der Waals surface area contributed by atoms with Crippen molar-refractivity contribution in [2.45, 2.75) is 6.42 Å². The fraction of sp³-hybridized carbons (Fsp3) is 0.125. The molecule has 0 atom stereocenters. The number of rotatable bonds is 4. The van der Waals surface area contributed by atoms with Gasteiger partial charge in [-0.25, -0.2) is 4.98 Å². The number of para-hydroxylation sites is 1. The third kappa shape index (κ3) is 2.95. The lowest BCUT2D eigenvalue weighted by atomic mass is 10.3. The number of amides is 1. The normalized spacial score (nSPS) is 10.8. The van der Waals surface area contributed by atoms with E-state index in [1.54, 1.807) is 30.3 Å². The van der Waals surface area contributed by atoms with Gasteiger partial charge in [-0.05, 0) is 24.3 Å². The van der Waals surface area contributed by atoms with Gasteiger partial charge in [-0.1, -0.05) is 29.8 Å². The van der Waals surface area contributed by atoms with E-state index >= 15 is 0 Å². The third-order valence-electron chi connectivity index (χ3n) is 3.10. The van der Waals surface area contributed by atoms with Crippen LogP contribution < -0.4 is 5.06 Å². The molecule has 0 saturated heterocycles. The van der Waals surface area contributed by atoms with Crippen molar-refractivity contribution in [3.8, 4) is 0 Å². The molecule has 0 aliphatic rings. The number of carbonyl (C=O) groups is 1. The summed E-state index contributed by atoms with van der Waals surface area (Å²) in [6.45, 7) is 0. The van der Waals surface area contributed by atoms with Crippen molar-refractivity contribution in [1.29, 1.82) is 0 Å². The van der Waals surface area contributed by atoms with Crippen molar-refractivity contribution >= 4 is 34.3 Å². The number of halogens is 1. The minimum Gasteiger partial charge on any atom is -0.440 e. The number of benzene rings is 2. The highest BCUT2D eigenvalue weighted by Crippen LogP contribution is 2.21. The Balaban J connectivity index is 1.82. The summed E-state index contributed by atoms with van der Waals surface area (Å²) in [6, 6.07) is 14.2. The van der Waals surface area contributed by atoms with Gasteiger partial charge in [0.15, 0.2) is 5.58 Å². The lowest BCUT2D eigenvalue weighted by Gasteiger charge is -2.18. The van der Waals surface area contributed by atoms with Gasteiger partial charge < -0.3 is 4.42 Å². The van der Waals surface area contributed by atoms with Crippen LogP contribution in [0.2, 0.25) is 5.02 Å². The van der Waals surface area contributed by atoms with E-state index in [9.17, 15) is 4.79 Å². The Bertz CT molecular complexity index is 802. The summed E-state index contributed by atoms with van der Waals surface area (Å²) in [5.41, 5.74) is 1.86. The lowest BCUT2D eigenvalue weighted by molar-refractivity contribution is -0.124. The Morgan fingerprint density at radius 3 is 2.77 bits per heavy atom. The van der Waals surface area contributed by atoms with Crippen molar-refractivity contribution in [3.05, 3.63) is 59.4 Å². The van der Waals surface area contributed by atoms with Gasteiger partial charge in [-0.15, -0.1) is 0 Å². The number of carbonyl (C=O) groups excluding carboxylic acids is 1. The van der Waals surface area contributed by atoms with E-state index < -0.39 is 0 Å². The Labute approximate surface area is 132 Å². The number of anilines is 1. The molecule has 0 N–H and O–H groups in total. The van der Waals surface area contributed by atoms with Crippen LogP contribution in [-0.2, 0) is 16.1 Å². The zero-order chi connectivity index (χ0) is 15.5. The molecule has 1 amide bonds. The Morgan fingerprint density at radius 2 is 2.05 bits per heavy atom. The van der Waals surface area contributed by atoms with Crippen molar-refractivity contribution in [2.24, 2.45) is 0 Å². The molecule has 112 valence electrons. The number of hydroxylamine groups is 1. The maximum atomic E-state index is 12.4. The minimum absolute atomic E-state index is 0.00493. The van der Waals surface area contributed by atoms with Gasteiger partial charge in [0.2, 0.25) is 5.89 Å². The molecule has 0 bridgehead atoms. The molecular weight excluding hydrogens is 304 g/mol. The smallest absolute Gasteiger partial charge is 0.260 e. The average Bonchev–Trinajstić information content (AvgIpc) is 2.90. The van der Waals surface area contributed by atoms with E-state index in [1.165, 1.54) is 12.2 Å². The number of oxazole rings is 1. The molecule has 0 unspecified atom stereocenters. The highest BCUT2D eigenvalue weighted by atomic mass is 35.5. The molecule has 1 aromatic heterocycles.